The van der Waals surface area contributed by atoms with Crippen LogP contribution in [0.2, 0.25) is 0 Å². The summed E-state index contributed by atoms with van der Waals surface area (Å²) in [6, 6.07) is 4.07. The summed E-state index contributed by atoms with van der Waals surface area (Å²) < 4.78 is 0. The lowest BCUT2D eigenvalue weighted by Gasteiger charge is -1.97. The lowest BCUT2D eigenvalue weighted by molar-refractivity contribution is -0.137. The number of aryl methyl sites for hydroxylation is 3. The Kier molecular flexibility index (Phi) is 3.60. The highest BCUT2D eigenvalue weighted by Gasteiger charge is 2.05. The van der Waals surface area contributed by atoms with Crippen molar-refractivity contribution in [2.24, 2.45) is 0 Å². The Morgan fingerprint density at radius 1 is 1.17 bits per heavy atom. The van der Waals surface area contributed by atoms with Gasteiger partial charge in [-0.1, -0.05) is 0 Å². The Morgan fingerprint density at radius 3 is 2.22 bits per heavy atom. The molecule has 2 aromatic rings. The summed E-state index contributed by atoms with van der Waals surface area (Å²) >= 11 is 0. The van der Waals surface area contributed by atoms with E-state index in [0.29, 0.717) is 13.0 Å². The molecule has 5 heteroatoms. The van der Waals surface area contributed by atoms with Gasteiger partial charge in [0.2, 0.25) is 0 Å². The van der Waals surface area contributed by atoms with Crippen molar-refractivity contribution < 1.29 is 9.90 Å². The number of unbranched alkanes of at least 4 members (excludes halogenated alkanes) is 1. The zero-order valence-corrected chi connectivity index (χ0v) is 10.7. The van der Waals surface area contributed by atoms with Crippen LogP contribution in [0.15, 0.2) is 12.1 Å². The highest BCUT2D eigenvalue weighted by Crippen LogP contribution is 2.15. The third-order valence-corrected chi connectivity index (χ3v) is 3.04. The van der Waals surface area contributed by atoms with Crippen LogP contribution in [-0.2, 0) is 11.3 Å². The number of carboxylic acids is 1. The van der Waals surface area contributed by atoms with Crippen LogP contribution in [0.3, 0.4) is 0 Å². The van der Waals surface area contributed by atoms with E-state index in [-0.39, 0.29) is 6.42 Å². The summed E-state index contributed by atoms with van der Waals surface area (Å²) in [6.45, 7) is 4.78. The third-order valence-electron chi connectivity index (χ3n) is 3.04. The van der Waals surface area contributed by atoms with Gasteiger partial charge in [-0.25, -0.2) is 0 Å². The van der Waals surface area contributed by atoms with Gasteiger partial charge >= 0.3 is 5.97 Å². The van der Waals surface area contributed by atoms with E-state index in [2.05, 4.69) is 24.0 Å². The molecule has 2 rings (SSSR count). The number of rotatable bonds is 5. The summed E-state index contributed by atoms with van der Waals surface area (Å²) in [5.41, 5.74) is 4.22. The van der Waals surface area contributed by atoms with Crippen molar-refractivity contribution >= 4 is 17.0 Å². The van der Waals surface area contributed by atoms with Crippen molar-refractivity contribution in [3.63, 3.8) is 0 Å². The predicted molar refractivity (Wildman–Crippen MR) is 68.5 cm³/mol. The van der Waals surface area contributed by atoms with E-state index in [1.807, 2.05) is 12.1 Å². The number of benzene rings is 1. The minimum absolute atomic E-state index is 0.207. The van der Waals surface area contributed by atoms with Crippen LogP contribution >= 0.6 is 0 Å². The number of fused-ring (bicyclic) bond motifs is 1. The van der Waals surface area contributed by atoms with Crippen LogP contribution in [0.1, 0.15) is 30.4 Å². The number of hydrogen-bond donors (Lipinski definition) is 1. The van der Waals surface area contributed by atoms with Gasteiger partial charge in [-0.15, -0.1) is 0 Å². The summed E-state index contributed by atoms with van der Waals surface area (Å²) in [5.74, 6) is -0.750. The minimum Gasteiger partial charge on any atom is -0.481 e. The first-order valence-corrected chi connectivity index (χ1v) is 6.10. The molecule has 0 aliphatic carbocycles. The summed E-state index contributed by atoms with van der Waals surface area (Å²) in [7, 11) is 0. The fourth-order valence-corrected chi connectivity index (χ4v) is 1.85. The second-order valence-electron chi connectivity index (χ2n) is 4.57. The molecular weight excluding hydrogens is 230 g/mol. The van der Waals surface area contributed by atoms with Crippen molar-refractivity contribution in [2.75, 3.05) is 0 Å². The van der Waals surface area contributed by atoms with Crippen LogP contribution in [0, 0.1) is 13.8 Å². The molecule has 0 spiro atoms. The van der Waals surface area contributed by atoms with E-state index in [4.69, 9.17) is 5.11 Å². The SMILES string of the molecule is Cc1cc2nn(CCCCC(=O)O)nc2cc1C. The molecule has 1 N–H and O–H groups in total. The molecule has 0 aliphatic rings. The molecule has 96 valence electrons. The molecule has 18 heavy (non-hydrogen) atoms. The average molecular weight is 247 g/mol. The molecule has 0 fully saturated rings. The van der Waals surface area contributed by atoms with E-state index in [1.165, 1.54) is 11.1 Å². The van der Waals surface area contributed by atoms with Gasteiger partial charge in [-0.05, 0) is 49.9 Å². The highest BCUT2D eigenvalue weighted by molar-refractivity contribution is 5.75. The first-order chi connectivity index (χ1) is 8.56. The molecule has 0 saturated heterocycles. The molecule has 0 radical (unpaired) electrons. The average Bonchev–Trinajstić information content (AvgIpc) is 2.67. The number of hydrogen-bond acceptors (Lipinski definition) is 3. The predicted octanol–water partition coefficient (Wildman–Crippen LogP) is 2.30. The van der Waals surface area contributed by atoms with Gasteiger partial charge in [-0.2, -0.15) is 15.0 Å². The molecule has 0 amide bonds. The van der Waals surface area contributed by atoms with Gasteiger partial charge in [0, 0.05) is 6.42 Å². The zero-order chi connectivity index (χ0) is 13.1. The molecule has 0 aliphatic heterocycles. The second-order valence-corrected chi connectivity index (χ2v) is 4.57. The molecule has 0 unspecified atom stereocenters. The lowest BCUT2D eigenvalue weighted by Crippen LogP contribution is -2.03. The Bertz CT molecular complexity index is 536. The monoisotopic (exact) mass is 247 g/mol. The van der Waals surface area contributed by atoms with Crippen molar-refractivity contribution in [1.29, 1.82) is 0 Å². The largest absolute Gasteiger partial charge is 0.481 e. The molecule has 0 saturated carbocycles. The molecule has 1 aromatic heterocycles. The molecule has 0 bridgehead atoms. The first kappa shape index (κ1) is 12.5. The Hall–Kier alpha value is -1.91. The number of nitrogens with zero attached hydrogens (tertiary/aromatic N) is 3. The quantitative estimate of drug-likeness (QED) is 0.823. The number of carbonyl (C=O) groups is 1. The first-order valence-electron chi connectivity index (χ1n) is 6.10. The smallest absolute Gasteiger partial charge is 0.303 e. The highest BCUT2D eigenvalue weighted by atomic mass is 16.4. The maximum absolute atomic E-state index is 10.4. The second kappa shape index (κ2) is 5.16. The Balaban J connectivity index is 2.04. The lowest BCUT2D eigenvalue weighted by atomic mass is 10.1. The molecule has 0 atom stereocenters. The molecular formula is C13H17N3O2. The van der Waals surface area contributed by atoms with E-state index < -0.39 is 5.97 Å². The van der Waals surface area contributed by atoms with Crippen LogP contribution in [0.25, 0.3) is 11.0 Å². The van der Waals surface area contributed by atoms with Crippen molar-refractivity contribution in [1.82, 2.24) is 15.0 Å². The standard InChI is InChI=1S/C13H17N3O2/c1-9-7-11-12(8-10(9)2)15-16(14-11)6-4-3-5-13(17)18/h7-8H,3-6H2,1-2H3,(H,17,18). The third kappa shape index (κ3) is 2.85. The number of aliphatic carboxylic acids is 1. The van der Waals surface area contributed by atoms with Crippen molar-refractivity contribution in [2.45, 2.75) is 39.7 Å². The van der Waals surface area contributed by atoms with E-state index in [0.717, 1.165) is 17.5 Å². The van der Waals surface area contributed by atoms with Gasteiger partial charge in [0.05, 0.1) is 6.54 Å². The molecule has 5 nitrogen and oxygen atoms in total. The van der Waals surface area contributed by atoms with Crippen molar-refractivity contribution in [3.05, 3.63) is 23.3 Å². The van der Waals surface area contributed by atoms with Gasteiger partial charge < -0.3 is 5.11 Å². The van der Waals surface area contributed by atoms with E-state index >= 15 is 0 Å². The number of carboxylic acid groups (broad SMARTS) is 1. The Labute approximate surface area is 105 Å². The van der Waals surface area contributed by atoms with E-state index in [9.17, 15) is 4.79 Å². The van der Waals surface area contributed by atoms with Crippen LogP contribution in [0.4, 0.5) is 0 Å². The number of aromatic nitrogens is 3. The maximum atomic E-state index is 10.4. The summed E-state index contributed by atoms with van der Waals surface area (Å²) in [5, 5.41) is 17.3. The summed E-state index contributed by atoms with van der Waals surface area (Å²) in [4.78, 5) is 12.0. The normalized spacial score (nSPS) is 11.0. The fourth-order valence-electron chi connectivity index (χ4n) is 1.85. The van der Waals surface area contributed by atoms with E-state index in [1.54, 1.807) is 4.80 Å². The molecule has 1 heterocycles. The topological polar surface area (TPSA) is 68.0 Å². The van der Waals surface area contributed by atoms with Gasteiger partial charge in [0.1, 0.15) is 11.0 Å². The van der Waals surface area contributed by atoms with Crippen LogP contribution in [-0.4, -0.2) is 26.1 Å². The van der Waals surface area contributed by atoms with Gasteiger partial charge in [0.25, 0.3) is 0 Å². The molecule has 1 aromatic carbocycles. The van der Waals surface area contributed by atoms with Gasteiger partial charge in [0.15, 0.2) is 0 Å². The zero-order valence-electron chi connectivity index (χ0n) is 10.7. The van der Waals surface area contributed by atoms with Gasteiger partial charge in [-0.3, -0.25) is 4.79 Å². The minimum atomic E-state index is -0.750. The summed E-state index contributed by atoms with van der Waals surface area (Å²) in [6.07, 6.45) is 1.65. The fraction of sp³-hybridized carbons (Fsp3) is 0.462. The maximum Gasteiger partial charge on any atom is 0.303 e. The van der Waals surface area contributed by atoms with Crippen molar-refractivity contribution in [3.8, 4) is 0 Å². The van der Waals surface area contributed by atoms with Crippen LogP contribution in [0.5, 0.6) is 0 Å². The van der Waals surface area contributed by atoms with Crippen LogP contribution < -0.4 is 0 Å². The Morgan fingerprint density at radius 2 is 1.72 bits per heavy atom.